The SMILES string of the molecule is COCCCN(C(=O)CCC1CCNCC1)C1CCS(=O)(=O)C1. The molecule has 2 heterocycles. The Kier molecular flexibility index (Phi) is 7.30. The van der Waals surface area contributed by atoms with Crippen LogP contribution in [0.3, 0.4) is 0 Å². The number of carbonyl (C=O) groups excluding carboxylic acids is 1. The van der Waals surface area contributed by atoms with Crippen LogP contribution in [0.5, 0.6) is 0 Å². The Labute approximate surface area is 139 Å². The van der Waals surface area contributed by atoms with E-state index in [0.29, 0.717) is 31.9 Å². The molecule has 0 radical (unpaired) electrons. The first-order chi connectivity index (χ1) is 11.0. The highest BCUT2D eigenvalue weighted by Crippen LogP contribution is 2.22. The Morgan fingerprint density at radius 1 is 1.26 bits per heavy atom. The van der Waals surface area contributed by atoms with Crippen LogP contribution in [-0.4, -0.2) is 70.1 Å². The van der Waals surface area contributed by atoms with Crippen molar-refractivity contribution in [1.82, 2.24) is 10.2 Å². The fourth-order valence-corrected chi connectivity index (χ4v) is 5.28. The summed E-state index contributed by atoms with van der Waals surface area (Å²) in [5.41, 5.74) is 0. The van der Waals surface area contributed by atoms with Gasteiger partial charge in [-0.25, -0.2) is 8.42 Å². The first kappa shape index (κ1) is 18.7. The van der Waals surface area contributed by atoms with Gasteiger partial charge in [0, 0.05) is 32.7 Å². The molecule has 1 unspecified atom stereocenters. The van der Waals surface area contributed by atoms with Gasteiger partial charge in [0.1, 0.15) is 0 Å². The third-order valence-electron chi connectivity index (χ3n) is 4.94. The number of ether oxygens (including phenoxy) is 1. The summed E-state index contributed by atoms with van der Waals surface area (Å²) < 4.78 is 28.5. The Hall–Kier alpha value is -0.660. The number of sulfone groups is 1. The fraction of sp³-hybridized carbons (Fsp3) is 0.938. The van der Waals surface area contributed by atoms with E-state index < -0.39 is 9.84 Å². The lowest BCUT2D eigenvalue weighted by molar-refractivity contribution is -0.133. The monoisotopic (exact) mass is 346 g/mol. The van der Waals surface area contributed by atoms with Crippen molar-refractivity contribution < 1.29 is 17.9 Å². The van der Waals surface area contributed by atoms with Gasteiger partial charge in [0.2, 0.25) is 5.91 Å². The van der Waals surface area contributed by atoms with Crippen molar-refractivity contribution in [3.63, 3.8) is 0 Å². The highest BCUT2D eigenvalue weighted by Gasteiger charge is 2.34. The van der Waals surface area contributed by atoms with Crippen LogP contribution < -0.4 is 5.32 Å². The Morgan fingerprint density at radius 2 is 2.00 bits per heavy atom. The molecule has 0 aromatic heterocycles. The third-order valence-corrected chi connectivity index (χ3v) is 6.69. The highest BCUT2D eigenvalue weighted by molar-refractivity contribution is 7.91. The molecule has 6 nitrogen and oxygen atoms in total. The van der Waals surface area contributed by atoms with Crippen molar-refractivity contribution in [3.8, 4) is 0 Å². The number of hydrogen-bond acceptors (Lipinski definition) is 5. The average molecular weight is 346 g/mol. The van der Waals surface area contributed by atoms with Crippen LogP contribution in [0.1, 0.15) is 38.5 Å². The average Bonchev–Trinajstić information content (AvgIpc) is 2.90. The summed E-state index contributed by atoms with van der Waals surface area (Å²) in [6.07, 6.45) is 5.05. The minimum absolute atomic E-state index is 0.113. The van der Waals surface area contributed by atoms with Crippen molar-refractivity contribution >= 4 is 15.7 Å². The largest absolute Gasteiger partial charge is 0.385 e. The molecule has 1 amide bonds. The second-order valence-corrected chi connectivity index (χ2v) is 8.95. The van der Waals surface area contributed by atoms with E-state index in [9.17, 15) is 13.2 Å². The second-order valence-electron chi connectivity index (χ2n) is 6.72. The molecule has 0 bridgehead atoms. The number of piperidine rings is 1. The van der Waals surface area contributed by atoms with Crippen LogP contribution in [0, 0.1) is 5.92 Å². The molecule has 2 fully saturated rings. The van der Waals surface area contributed by atoms with Crippen LogP contribution in [-0.2, 0) is 19.4 Å². The summed E-state index contributed by atoms with van der Waals surface area (Å²) in [6.45, 7) is 3.27. The second kappa shape index (κ2) is 8.99. The number of carbonyl (C=O) groups is 1. The van der Waals surface area contributed by atoms with Gasteiger partial charge in [-0.05, 0) is 51.1 Å². The van der Waals surface area contributed by atoms with Crippen molar-refractivity contribution in [2.45, 2.75) is 44.6 Å². The highest BCUT2D eigenvalue weighted by atomic mass is 32.2. The van der Waals surface area contributed by atoms with E-state index in [0.717, 1.165) is 38.8 Å². The molecular formula is C16H30N2O4S. The van der Waals surface area contributed by atoms with Crippen LogP contribution in [0.2, 0.25) is 0 Å². The number of hydrogen-bond donors (Lipinski definition) is 1. The first-order valence-corrected chi connectivity index (χ1v) is 10.5. The van der Waals surface area contributed by atoms with Crippen molar-refractivity contribution in [3.05, 3.63) is 0 Å². The van der Waals surface area contributed by atoms with Gasteiger partial charge in [-0.3, -0.25) is 4.79 Å². The molecule has 1 atom stereocenters. The molecule has 0 saturated carbocycles. The lowest BCUT2D eigenvalue weighted by Crippen LogP contribution is -2.42. The Balaban J connectivity index is 1.88. The molecule has 1 N–H and O–H groups in total. The zero-order valence-corrected chi connectivity index (χ0v) is 14.9. The number of nitrogens with one attached hydrogen (secondary N) is 1. The molecule has 2 aliphatic rings. The van der Waals surface area contributed by atoms with E-state index in [1.807, 2.05) is 4.90 Å². The molecule has 2 aliphatic heterocycles. The van der Waals surface area contributed by atoms with E-state index in [4.69, 9.17) is 4.74 Å². The summed E-state index contributed by atoms with van der Waals surface area (Å²) in [5.74, 6) is 1.06. The minimum Gasteiger partial charge on any atom is -0.385 e. The number of nitrogens with zero attached hydrogens (tertiary/aromatic N) is 1. The standard InChI is InChI=1S/C16H30N2O4S/c1-22-11-2-10-18(15-7-12-23(20,21)13-15)16(19)4-3-14-5-8-17-9-6-14/h14-15,17H,2-13H2,1H3. The van der Waals surface area contributed by atoms with Gasteiger partial charge in [-0.15, -0.1) is 0 Å². The van der Waals surface area contributed by atoms with E-state index >= 15 is 0 Å². The van der Waals surface area contributed by atoms with Gasteiger partial charge in [0.25, 0.3) is 0 Å². The van der Waals surface area contributed by atoms with E-state index in [-0.39, 0.29) is 23.5 Å². The Morgan fingerprint density at radius 3 is 2.61 bits per heavy atom. The summed E-state index contributed by atoms with van der Waals surface area (Å²) in [4.78, 5) is 14.5. The fourth-order valence-electron chi connectivity index (χ4n) is 3.55. The zero-order chi connectivity index (χ0) is 16.7. The minimum atomic E-state index is -2.97. The molecule has 0 spiro atoms. The summed E-state index contributed by atoms with van der Waals surface area (Å²) in [6, 6.07) is -0.141. The lowest BCUT2D eigenvalue weighted by Gasteiger charge is -2.29. The van der Waals surface area contributed by atoms with Crippen LogP contribution >= 0.6 is 0 Å². The maximum atomic E-state index is 12.7. The van der Waals surface area contributed by atoms with Crippen molar-refractivity contribution in [1.29, 1.82) is 0 Å². The van der Waals surface area contributed by atoms with E-state index in [1.165, 1.54) is 0 Å². The smallest absolute Gasteiger partial charge is 0.222 e. The normalized spacial score (nSPS) is 24.7. The lowest BCUT2D eigenvalue weighted by atomic mass is 9.93. The number of amides is 1. The van der Waals surface area contributed by atoms with Crippen molar-refractivity contribution in [2.75, 3.05) is 44.9 Å². The molecule has 0 aliphatic carbocycles. The Bertz CT molecular complexity index is 474. The predicted octanol–water partition coefficient (Wildman–Crippen LogP) is 0.818. The molecule has 2 saturated heterocycles. The molecule has 7 heteroatoms. The molecule has 0 aromatic rings. The molecule has 0 aromatic carbocycles. The molecule has 134 valence electrons. The molecule has 2 rings (SSSR count). The van der Waals surface area contributed by atoms with E-state index in [2.05, 4.69) is 5.32 Å². The van der Waals surface area contributed by atoms with Crippen molar-refractivity contribution in [2.24, 2.45) is 5.92 Å². The summed E-state index contributed by atoms with van der Waals surface area (Å²) >= 11 is 0. The van der Waals surface area contributed by atoms with Gasteiger partial charge in [-0.2, -0.15) is 0 Å². The van der Waals surface area contributed by atoms with Gasteiger partial charge in [0.15, 0.2) is 9.84 Å². The molecular weight excluding hydrogens is 316 g/mol. The summed E-state index contributed by atoms with van der Waals surface area (Å²) in [5, 5.41) is 3.34. The van der Waals surface area contributed by atoms with Crippen LogP contribution in [0.4, 0.5) is 0 Å². The third kappa shape index (κ3) is 6.04. The van der Waals surface area contributed by atoms with Gasteiger partial charge < -0.3 is 15.0 Å². The quantitative estimate of drug-likeness (QED) is 0.659. The van der Waals surface area contributed by atoms with Gasteiger partial charge in [0.05, 0.1) is 11.5 Å². The number of methoxy groups -OCH3 is 1. The maximum Gasteiger partial charge on any atom is 0.222 e. The van der Waals surface area contributed by atoms with Crippen LogP contribution in [0.25, 0.3) is 0 Å². The topological polar surface area (TPSA) is 75.7 Å². The van der Waals surface area contributed by atoms with E-state index in [1.54, 1.807) is 7.11 Å². The maximum absolute atomic E-state index is 12.7. The zero-order valence-electron chi connectivity index (χ0n) is 14.1. The number of rotatable bonds is 8. The first-order valence-electron chi connectivity index (χ1n) is 8.71. The van der Waals surface area contributed by atoms with Gasteiger partial charge >= 0.3 is 0 Å². The predicted molar refractivity (Wildman–Crippen MR) is 90.1 cm³/mol. The van der Waals surface area contributed by atoms with Gasteiger partial charge in [-0.1, -0.05) is 0 Å². The van der Waals surface area contributed by atoms with Crippen LogP contribution in [0.15, 0.2) is 0 Å². The summed E-state index contributed by atoms with van der Waals surface area (Å²) in [7, 11) is -1.33. The molecule has 23 heavy (non-hydrogen) atoms.